The number of carbonyl (C=O) groups excluding carboxylic acids is 2. The summed E-state index contributed by atoms with van der Waals surface area (Å²) in [5, 5.41) is 6.32. The molecule has 0 spiro atoms. The van der Waals surface area contributed by atoms with Crippen LogP contribution in [0.3, 0.4) is 0 Å². The zero-order chi connectivity index (χ0) is 30.0. The molecule has 9 heteroatoms. The number of hydrogen-bond donors (Lipinski definition) is 2. The van der Waals surface area contributed by atoms with E-state index in [4.69, 9.17) is 14.2 Å². The van der Waals surface area contributed by atoms with Gasteiger partial charge in [0, 0.05) is 29.6 Å². The second kappa shape index (κ2) is 11.8. The summed E-state index contributed by atoms with van der Waals surface area (Å²) in [7, 11) is 1.53. The van der Waals surface area contributed by atoms with Crippen LogP contribution in [0.2, 0.25) is 0 Å². The number of esters is 1. The summed E-state index contributed by atoms with van der Waals surface area (Å²) in [5.74, 6) is 0.0919. The topological polar surface area (TPSA) is 85.9 Å². The minimum Gasteiger partial charge on any atom is -0.496 e. The maximum absolute atomic E-state index is 14.0. The number of aryl methyl sites for hydroxylation is 1. The Bertz CT molecular complexity index is 1690. The van der Waals surface area contributed by atoms with Crippen LogP contribution in [0.25, 0.3) is 11.1 Å². The van der Waals surface area contributed by atoms with Gasteiger partial charge in [-0.1, -0.05) is 24.3 Å². The Kier molecular flexibility index (Phi) is 8.13. The molecule has 42 heavy (non-hydrogen) atoms. The normalized spacial score (nSPS) is 13.4. The van der Waals surface area contributed by atoms with E-state index in [1.54, 1.807) is 50.2 Å². The number of ether oxygens (including phenoxy) is 3. The number of carbonyl (C=O) groups is 2. The third kappa shape index (κ3) is 5.78. The minimum absolute atomic E-state index is 0. The maximum Gasteiger partial charge on any atom is 0.344 e. The molecule has 0 aliphatic carbocycles. The number of rotatable bonds is 8. The average Bonchev–Trinajstić information content (AvgIpc) is 2.98. The standard InChI is InChI=1S/C33H31FN2O5S.H2/c1-19-10-11-20(34)16-27(19)40-18-25-22(14-15-26-30(25)35-32(38)33(2,3)36-26)23-13-12-21(17-28(23)39-4)41-31(37)24-8-6-7-9-29(24)42-5;/h6-17,36H,18H2,1-5H3,(H,35,38);1H. The predicted octanol–water partition coefficient (Wildman–Crippen LogP) is 7.72. The van der Waals surface area contributed by atoms with Crippen LogP contribution in [0, 0.1) is 12.7 Å². The van der Waals surface area contributed by atoms with Gasteiger partial charge in [0.05, 0.1) is 24.0 Å². The van der Waals surface area contributed by atoms with Crippen LogP contribution >= 0.6 is 11.8 Å². The molecule has 1 heterocycles. The van der Waals surface area contributed by atoms with Crippen molar-refractivity contribution < 1.29 is 29.6 Å². The lowest BCUT2D eigenvalue weighted by Gasteiger charge is -2.34. The van der Waals surface area contributed by atoms with Crippen LogP contribution in [0.5, 0.6) is 17.2 Å². The summed E-state index contributed by atoms with van der Waals surface area (Å²) in [6, 6.07) is 20.5. The van der Waals surface area contributed by atoms with Gasteiger partial charge in [0.15, 0.2) is 0 Å². The van der Waals surface area contributed by atoms with E-state index in [2.05, 4.69) is 10.6 Å². The third-order valence-corrected chi connectivity index (χ3v) is 7.88. The molecule has 0 saturated carbocycles. The summed E-state index contributed by atoms with van der Waals surface area (Å²) >= 11 is 1.47. The lowest BCUT2D eigenvalue weighted by Crippen LogP contribution is -2.47. The molecule has 1 aliphatic heterocycles. The van der Waals surface area contributed by atoms with Gasteiger partial charge >= 0.3 is 5.97 Å². The molecule has 0 unspecified atom stereocenters. The zero-order valence-electron chi connectivity index (χ0n) is 24.0. The summed E-state index contributed by atoms with van der Waals surface area (Å²) in [5.41, 5.74) is 3.82. The van der Waals surface area contributed by atoms with Crippen molar-refractivity contribution in [3.8, 4) is 28.4 Å². The van der Waals surface area contributed by atoms with Crippen LogP contribution in [-0.4, -0.2) is 30.8 Å². The molecule has 7 nitrogen and oxygen atoms in total. The monoisotopic (exact) mass is 588 g/mol. The zero-order valence-corrected chi connectivity index (χ0v) is 24.8. The summed E-state index contributed by atoms with van der Waals surface area (Å²) in [4.78, 5) is 26.7. The first-order chi connectivity index (χ1) is 20.1. The van der Waals surface area contributed by atoms with Gasteiger partial charge in [-0.2, -0.15) is 0 Å². The minimum atomic E-state index is -0.816. The molecule has 218 valence electrons. The molecule has 0 aromatic heterocycles. The second-order valence-electron chi connectivity index (χ2n) is 10.4. The summed E-state index contributed by atoms with van der Waals surface area (Å²) < 4.78 is 31.6. The highest BCUT2D eigenvalue weighted by Crippen LogP contribution is 2.43. The Hall–Kier alpha value is -4.50. The first-order valence-corrected chi connectivity index (χ1v) is 14.5. The highest BCUT2D eigenvalue weighted by atomic mass is 32.2. The Morgan fingerprint density at radius 3 is 2.52 bits per heavy atom. The van der Waals surface area contributed by atoms with Crippen molar-refractivity contribution in [1.29, 1.82) is 0 Å². The van der Waals surface area contributed by atoms with E-state index < -0.39 is 17.3 Å². The van der Waals surface area contributed by atoms with Crippen LogP contribution in [0.15, 0.2) is 77.7 Å². The SMILES string of the molecule is COc1cc(OC(=O)c2ccccc2SC)ccc1-c1ccc2c(c1COc1cc(F)ccc1C)NC(=O)C(C)(C)N2.[HH]. The first-order valence-electron chi connectivity index (χ1n) is 13.3. The Morgan fingerprint density at radius 1 is 1.00 bits per heavy atom. The molecule has 5 rings (SSSR count). The highest BCUT2D eigenvalue weighted by molar-refractivity contribution is 7.98. The lowest BCUT2D eigenvalue weighted by atomic mass is 9.92. The van der Waals surface area contributed by atoms with E-state index in [0.717, 1.165) is 21.7 Å². The number of fused-ring (bicyclic) bond motifs is 1. The number of nitrogens with one attached hydrogen (secondary N) is 2. The molecule has 4 aromatic carbocycles. The molecule has 2 N–H and O–H groups in total. The molecule has 0 bridgehead atoms. The number of anilines is 2. The Morgan fingerprint density at radius 2 is 1.76 bits per heavy atom. The molecule has 0 atom stereocenters. The van der Waals surface area contributed by atoms with E-state index >= 15 is 0 Å². The van der Waals surface area contributed by atoms with Crippen LogP contribution in [0.4, 0.5) is 15.8 Å². The van der Waals surface area contributed by atoms with Crippen molar-refractivity contribution in [2.45, 2.75) is 37.8 Å². The number of benzene rings is 4. The summed E-state index contributed by atoms with van der Waals surface area (Å²) in [6.07, 6.45) is 1.90. The van der Waals surface area contributed by atoms with Gasteiger partial charge in [-0.3, -0.25) is 4.79 Å². The smallest absolute Gasteiger partial charge is 0.344 e. The third-order valence-electron chi connectivity index (χ3n) is 7.09. The Labute approximate surface area is 249 Å². The number of halogens is 1. The number of thioether (sulfide) groups is 1. The van der Waals surface area contributed by atoms with Gasteiger partial charge in [0.1, 0.15) is 35.2 Å². The van der Waals surface area contributed by atoms with Crippen molar-refractivity contribution >= 4 is 35.0 Å². The summed E-state index contributed by atoms with van der Waals surface area (Å²) in [6.45, 7) is 5.47. The second-order valence-corrected chi connectivity index (χ2v) is 11.2. The lowest BCUT2D eigenvalue weighted by molar-refractivity contribution is -0.119. The number of methoxy groups -OCH3 is 1. The molecule has 0 fully saturated rings. The fourth-order valence-corrected chi connectivity index (χ4v) is 5.36. The van der Waals surface area contributed by atoms with Gasteiger partial charge < -0.3 is 24.8 Å². The van der Waals surface area contributed by atoms with Gasteiger partial charge in [-0.25, -0.2) is 9.18 Å². The number of amides is 1. The molecular weight excluding hydrogens is 555 g/mol. The fraction of sp³-hybridized carbons (Fsp3) is 0.212. The van der Waals surface area contributed by atoms with Crippen molar-refractivity contribution in [3.63, 3.8) is 0 Å². The molecule has 0 saturated heterocycles. The van der Waals surface area contributed by atoms with Crippen molar-refractivity contribution in [2.24, 2.45) is 0 Å². The van der Waals surface area contributed by atoms with Crippen molar-refractivity contribution in [3.05, 3.63) is 95.3 Å². The largest absolute Gasteiger partial charge is 0.496 e. The van der Waals surface area contributed by atoms with Gasteiger partial charge in [0.25, 0.3) is 0 Å². The molecule has 1 aliphatic rings. The quantitative estimate of drug-likeness (QED) is 0.124. The average molecular weight is 589 g/mol. The molecule has 4 aromatic rings. The fourth-order valence-electron chi connectivity index (χ4n) is 4.77. The van der Waals surface area contributed by atoms with E-state index in [9.17, 15) is 14.0 Å². The van der Waals surface area contributed by atoms with E-state index in [1.165, 1.54) is 31.0 Å². The van der Waals surface area contributed by atoms with Crippen molar-refractivity contribution in [2.75, 3.05) is 24.0 Å². The predicted molar refractivity (Wildman–Crippen MR) is 166 cm³/mol. The van der Waals surface area contributed by atoms with Crippen LogP contribution in [0.1, 0.15) is 36.8 Å². The van der Waals surface area contributed by atoms with Crippen LogP contribution in [-0.2, 0) is 11.4 Å². The van der Waals surface area contributed by atoms with Crippen LogP contribution < -0.4 is 24.8 Å². The van der Waals surface area contributed by atoms with Gasteiger partial charge in [0.2, 0.25) is 5.91 Å². The van der Waals surface area contributed by atoms with Crippen molar-refractivity contribution in [1.82, 2.24) is 0 Å². The number of hydrogen-bond acceptors (Lipinski definition) is 7. The highest BCUT2D eigenvalue weighted by Gasteiger charge is 2.35. The maximum atomic E-state index is 14.0. The molecular formula is C33H33FN2O5S. The van der Waals surface area contributed by atoms with E-state index in [1.807, 2.05) is 37.4 Å². The first kappa shape index (κ1) is 29.0. The van der Waals surface area contributed by atoms with Gasteiger partial charge in [-0.05, 0) is 74.6 Å². The molecule has 1 amide bonds. The Balaban J connectivity index is 0.00000423. The van der Waals surface area contributed by atoms with Gasteiger partial charge in [-0.15, -0.1) is 11.8 Å². The molecule has 0 radical (unpaired) electrons. The van der Waals surface area contributed by atoms with E-state index in [0.29, 0.717) is 39.6 Å². The van der Waals surface area contributed by atoms with E-state index in [-0.39, 0.29) is 13.9 Å².